The van der Waals surface area contributed by atoms with E-state index in [4.69, 9.17) is 24.1 Å². The van der Waals surface area contributed by atoms with Gasteiger partial charge in [-0.15, -0.1) is 0 Å². The van der Waals surface area contributed by atoms with Gasteiger partial charge in [-0.05, 0) is 12.1 Å². The SMILES string of the molecule is OCc1ccc(COC2OC(CO)C(O)C(O)C2O)o1. The molecule has 2 rings (SSSR count). The lowest BCUT2D eigenvalue weighted by molar-refractivity contribution is -0.304. The lowest BCUT2D eigenvalue weighted by Gasteiger charge is -2.39. The molecule has 8 heteroatoms. The van der Waals surface area contributed by atoms with Crippen LogP contribution in [0.3, 0.4) is 0 Å². The summed E-state index contributed by atoms with van der Waals surface area (Å²) in [5, 5.41) is 46.8. The van der Waals surface area contributed by atoms with Crippen LogP contribution in [-0.2, 0) is 22.7 Å². The fraction of sp³-hybridized carbons (Fsp3) is 0.667. The minimum atomic E-state index is -1.48. The minimum absolute atomic E-state index is 0.0529. The molecule has 0 saturated carbocycles. The second kappa shape index (κ2) is 6.64. The van der Waals surface area contributed by atoms with Crippen LogP contribution in [0.1, 0.15) is 11.5 Å². The second-order valence-corrected chi connectivity index (χ2v) is 4.53. The van der Waals surface area contributed by atoms with E-state index in [1.807, 2.05) is 0 Å². The summed E-state index contributed by atoms with van der Waals surface area (Å²) >= 11 is 0. The normalized spacial score (nSPS) is 34.4. The molecule has 2 heterocycles. The fourth-order valence-corrected chi connectivity index (χ4v) is 1.95. The van der Waals surface area contributed by atoms with Gasteiger partial charge in [-0.25, -0.2) is 0 Å². The minimum Gasteiger partial charge on any atom is -0.461 e. The van der Waals surface area contributed by atoms with Gasteiger partial charge in [0.1, 0.15) is 49.2 Å². The molecular formula is C12H18O8. The van der Waals surface area contributed by atoms with E-state index < -0.39 is 37.3 Å². The Kier molecular flexibility index (Phi) is 5.11. The molecule has 5 N–H and O–H groups in total. The molecule has 1 aromatic heterocycles. The molecule has 8 nitrogen and oxygen atoms in total. The Labute approximate surface area is 114 Å². The van der Waals surface area contributed by atoms with Crippen LogP contribution in [0.2, 0.25) is 0 Å². The van der Waals surface area contributed by atoms with Crippen molar-refractivity contribution in [2.75, 3.05) is 6.61 Å². The van der Waals surface area contributed by atoms with Crippen molar-refractivity contribution < 1.29 is 39.4 Å². The van der Waals surface area contributed by atoms with E-state index in [2.05, 4.69) is 0 Å². The Balaban J connectivity index is 1.94. The van der Waals surface area contributed by atoms with Crippen molar-refractivity contribution in [1.82, 2.24) is 0 Å². The summed E-state index contributed by atoms with van der Waals surface area (Å²) in [7, 11) is 0. The predicted molar refractivity (Wildman–Crippen MR) is 63.2 cm³/mol. The van der Waals surface area contributed by atoms with Crippen molar-refractivity contribution in [3.8, 4) is 0 Å². The monoisotopic (exact) mass is 290 g/mol. The molecule has 1 fully saturated rings. The van der Waals surface area contributed by atoms with Gasteiger partial charge in [0.05, 0.1) is 6.61 Å². The van der Waals surface area contributed by atoms with Crippen LogP contribution in [-0.4, -0.2) is 62.8 Å². The molecule has 0 aromatic carbocycles. The number of hydrogen-bond donors (Lipinski definition) is 5. The molecule has 20 heavy (non-hydrogen) atoms. The molecule has 5 atom stereocenters. The molecule has 0 amide bonds. The maximum atomic E-state index is 9.74. The topological polar surface area (TPSA) is 133 Å². The number of hydrogen-bond acceptors (Lipinski definition) is 8. The van der Waals surface area contributed by atoms with Gasteiger partial charge in [-0.3, -0.25) is 0 Å². The van der Waals surface area contributed by atoms with Crippen LogP contribution >= 0.6 is 0 Å². The van der Waals surface area contributed by atoms with Gasteiger partial charge in [-0.1, -0.05) is 0 Å². The first-order chi connectivity index (χ1) is 9.56. The number of aliphatic hydroxyl groups excluding tert-OH is 5. The van der Waals surface area contributed by atoms with Gasteiger partial charge in [0, 0.05) is 0 Å². The molecule has 0 radical (unpaired) electrons. The Morgan fingerprint density at radius 1 is 1.00 bits per heavy atom. The van der Waals surface area contributed by atoms with Crippen molar-refractivity contribution in [1.29, 1.82) is 0 Å². The zero-order chi connectivity index (χ0) is 14.7. The first-order valence-electron chi connectivity index (χ1n) is 6.17. The van der Waals surface area contributed by atoms with Crippen LogP contribution in [0.15, 0.2) is 16.5 Å². The highest BCUT2D eigenvalue weighted by molar-refractivity contribution is 5.05. The van der Waals surface area contributed by atoms with Crippen LogP contribution in [0, 0.1) is 0 Å². The molecular weight excluding hydrogens is 272 g/mol. The Bertz CT molecular complexity index is 417. The van der Waals surface area contributed by atoms with Crippen LogP contribution in [0.25, 0.3) is 0 Å². The maximum absolute atomic E-state index is 9.74. The number of ether oxygens (including phenoxy) is 2. The summed E-state index contributed by atoms with van der Waals surface area (Å²) in [4.78, 5) is 0. The predicted octanol–water partition coefficient (Wildman–Crippen LogP) is -1.91. The van der Waals surface area contributed by atoms with Gasteiger partial charge in [0.2, 0.25) is 0 Å². The Morgan fingerprint density at radius 3 is 2.30 bits per heavy atom. The number of aliphatic hydroxyl groups is 5. The highest BCUT2D eigenvalue weighted by Crippen LogP contribution is 2.23. The lowest BCUT2D eigenvalue weighted by atomic mass is 9.99. The molecule has 0 bridgehead atoms. The van der Waals surface area contributed by atoms with E-state index >= 15 is 0 Å². The van der Waals surface area contributed by atoms with E-state index in [0.29, 0.717) is 11.5 Å². The third kappa shape index (κ3) is 3.18. The van der Waals surface area contributed by atoms with Crippen molar-refractivity contribution in [2.45, 2.75) is 43.9 Å². The van der Waals surface area contributed by atoms with E-state index in [-0.39, 0.29) is 13.2 Å². The summed E-state index contributed by atoms with van der Waals surface area (Å²) < 4.78 is 15.6. The summed E-state index contributed by atoms with van der Waals surface area (Å²) in [5.74, 6) is 0.781. The highest BCUT2D eigenvalue weighted by atomic mass is 16.7. The zero-order valence-corrected chi connectivity index (χ0v) is 10.6. The van der Waals surface area contributed by atoms with Gasteiger partial charge in [0.25, 0.3) is 0 Å². The number of rotatable bonds is 5. The first-order valence-corrected chi connectivity index (χ1v) is 6.17. The highest BCUT2D eigenvalue weighted by Gasteiger charge is 2.44. The second-order valence-electron chi connectivity index (χ2n) is 4.53. The fourth-order valence-electron chi connectivity index (χ4n) is 1.95. The molecule has 0 spiro atoms. The lowest BCUT2D eigenvalue weighted by Crippen LogP contribution is -2.59. The third-order valence-electron chi connectivity index (χ3n) is 3.11. The van der Waals surface area contributed by atoms with E-state index in [0.717, 1.165) is 0 Å². The molecule has 1 aliphatic heterocycles. The molecule has 0 aliphatic carbocycles. The smallest absolute Gasteiger partial charge is 0.187 e. The van der Waals surface area contributed by atoms with E-state index in [1.165, 1.54) is 0 Å². The Hall–Kier alpha value is -1.00. The quantitative estimate of drug-likeness (QED) is 0.424. The molecule has 1 aromatic rings. The number of furan rings is 1. The average molecular weight is 290 g/mol. The maximum Gasteiger partial charge on any atom is 0.187 e. The first kappa shape index (κ1) is 15.4. The molecule has 1 aliphatic rings. The molecule has 1 saturated heterocycles. The van der Waals surface area contributed by atoms with Gasteiger partial charge >= 0.3 is 0 Å². The van der Waals surface area contributed by atoms with Crippen LogP contribution in [0.4, 0.5) is 0 Å². The van der Waals surface area contributed by atoms with Gasteiger partial charge in [0.15, 0.2) is 6.29 Å². The van der Waals surface area contributed by atoms with E-state index in [9.17, 15) is 15.3 Å². The van der Waals surface area contributed by atoms with Crippen molar-refractivity contribution in [3.05, 3.63) is 23.7 Å². The van der Waals surface area contributed by atoms with Crippen molar-refractivity contribution in [2.24, 2.45) is 0 Å². The average Bonchev–Trinajstić information content (AvgIpc) is 2.92. The standard InChI is InChI=1S/C12H18O8/c13-3-6-1-2-7(19-6)5-18-12-11(17)10(16)9(15)8(4-14)20-12/h1-2,8-17H,3-5H2. The summed E-state index contributed by atoms with van der Waals surface area (Å²) in [6, 6.07) is 3.17. The Morgan fingerprint density at radius 2 is 1.70 bits per heavy atom. The summed E-state index contributed by atoms with van der Waals surface area (Å²) in [6.07, 6.45) is -6.55. The third-order valence-corrected chi connectivity index (χ3v) is 3.11. The van der Waals surface area contributed by atoms with Crippen molar-refractivity contribution in [3.63, 3.8) is 0 Å². The summed E-state index contributed by atoms with van der Waals surface area (Å²) in [5.41, 5.74) is 0. The summed E-state index contributed by atoms with van der Waals surface area (Å²) in [6.45, 7) is -0.803. The van der Waals surface area contributed by atoms with Crippen molar-refractivity contribution >= 4 is 0 Å². The van der Waals surface area contributed by atoms with E-state index in [1.54, 1.807) is 12.1 Å². The van der Waals surface area contributed by atoms with Gasteiger partial charge in [-0.2, -0.15) is 0 Å². The zero-order valence-electron chi connectivity index (χ0n) is 10.6. The molecule has 5 unspecified atom stereocenters. The molecule has 114 valence electrons. The van der Waals surface area contributed by atoms with Crippen LogP contribution in [0.5, 0.6) is 0 Å². The van der Waals surface area contributed by atoms with Gasteiger partial charge < -0.3 is 39.4 Å². The largest absolute Gasteiger partial charge is 0.461 e. The van der Waals surface area contributed by atoms with Crippen LogP contribution < -0.4 is 0 Å².